The molecule has 0 aromatic carbocycles. The first-order valence-electron chi connectivity index (χ1n) is 7.64. The molecule has 1 fully saturated rings. The standard InChI is InChI=1S/C15H26N4OS/c1-7-13-12(6)14(21-16-13)19-9-17(10(2)3)8-18(11(4)5)15(19)20/h10-11H,7-9H2,1-6H3. The molecule has 1 saturated heterocycles. The Hall–Kier alpha value is -1.14. The lowest BCUT2D eigenvalue weighted by Crippen LogP contribution is -2.61. The van der Waals surface area contributed by atoms with Crippen LogP contribution in [0.4, 0.5) is 9.80 Å². The van der Waals surface area contributed by atoms with Crippen molar-refractivity contribution in [1.82, 2.24) is 14.2 Å². The molecule has 0 spiro atoms. The lowest BCUT2D eigenvalue weighted by Gasteiger charge is -2.45. The number of urea groups is 1. The Balaban J connectivity index is 2.35. The van der Waals surface area contributed by atoms with Gasteiger partial charge in [-0.25, -0.2) is 4.79 Å². The van der Waals surface area contributed by atoms with E-state index in [1.54, 1.807) is 0 Å². The Kier molecular flexibility index (Phi) is 4.88. The van der Waals surface area contributed by atoms with Crippen molar-refractivity contribution >= 4 is 22.6 Å². The minimum atomic E-state index is 0.0938. The average Bonchev–Trinajstić information content (AvgIpc) is 2.79. The van der Waals surface area contributed by atoms with Crippen molar-refractivity contribution in [3.63, 3.8) is 0 Å². The number of amides is 2. The van der Waals surface area contributed by atoms with E-state index in [9.17, 15) is 4.79 Å². The molecule has 0 unspecified atom stereocenters. The second kappa shape index (κ2) is 6.32. The van der Waals surface area contributed by atoms with Crippen LogP contribution in [0.25, 0.3) is 0 Å². The van der Waals surface area contributed by atoms with Gasteiger partial charge in [-0.1, -0.05) is 6.92 Å². The smallest absolute Gasteiger partial charge is 0.309 e. The molecule has 118 valence electrons. The molecule has 0 atom stereocenters. The zero-order valence-corrected chi connectivity index (χ0v) is 14.7. The monoisotopic (exact) mass is 310 g/mol. The van der Waals surface area contributed by atoms with Gasteiger partial charge in [0.05, 0.1) is 19.0 Å². The largest absolute Gasteiger partial charge is 0.327 e. The maximum Gasteiger partial charge on any atom is 0.327 e. The number of carbonyl (C=O) groups is 1. The normalized spacial score (nSPS) is 17.4. The average molecular weight is 310 g/mol. The first kappa shape index (κ1) is 16.2. The highest BCUT2D eigenvalue weighted by molar-refractivity contribution is 7.10. The highest BCUT2D eigenvalue weighted by atomic mass is 32.1. The van der Waals surface area contributed by atoms with Crippen molar-refractivity contribution in [3.05, 3.63) is 11.3 Å². The first-order chi connectivity index (χ1) is 9.86. The Morgan fingerprint density at radius 3 is 2.33 bits per heavy atom. The third kappa shape index (κ3) is 3.06. The van der Waals surface area contributed by atoms with Crippen molar-refractivity contribution in [2.45, 2.75) is 60.0 Å². The second-order valence-corrected chi connectivity index (χ2v) is 6.90. The molecule has 21 heavy (non-hydrogen) atoms. The van der Waals surface area contributed by atoms with Crippen LogP contribution in [0.5, 0.6) is 0 Å². The molecule has 0 N–H and O–H groups in total. The van der Waals surface area contributed by atoms with Gasteiger partial charge in [-0.15, -0.1) is 0 Å². The molecule has 1 aromatic rings. The van der Waals surface area contributed by atoms with E-state index >= 15 is 0 Å². The molecule has 6 heteroatoms. The minimum absolute atomic E-state index is 0.0938. The van der Waals surface area contributed by atoms with Crippen molar-refractivity contribution in [2.24, 2.45) is 0 Å². The molecule has 2 rings (SSSR count). The fraction of sp³-hybridized carbons (Fsp3) is 0.733. The summed E-state index contributed by atoms with van der Waals surface area (Å²) < 4.78 is 4.49. The van der Waals surface area contributed by atoms with E-state index in [1.165, 1.54) is 11.5 Å². The predicted molar refractivity (Wildman–Crippen MR) is 87.8 cm³/mol. The molecule has 2 heterocycles. The van der Waals surface area contributed by atoms with E-state index in [2.05, 4.69) is 50.8 Å². The van der Waals surface area contributed by atoms with E-state index < -0.39 is 0 Å². The van der Waals surface area contributed by atoms with Crippen molar-refractivity contribution in [1.29, 1.82) is 0 Å². The van der Waals surface area contributed by atoms with E-state index in [-0.39, 0.29) is 12.1 Å². The minimum Gasteiger partial charge on any atom is -0.309 e. The number of anilines is 1. The molecule has 5 nitrogen and oxygen atoms in total. The van der Waals surface area contributed by atoms with Crippen LogP contribution in [0.3, 0.4) is 0 Å². The van der Waals surface area contributed by atoms with Gasteiger partial charge in [0, 0.05) is 17.6 Å². The van der Waals surface area contributed by atoms with Crippen LogP contribution in [0.1, 0.15) is 45.9 Å². The van der Waals surface area contributed by atoms with Crippen LogP contribution in [-0.4, -0.2) is 45.6 Å². The zero-order valence-electron chi connectivity index (χ0n) is 13.9. The van der Waals surface area contributed by atoms with Crippen LogP contribution < -0.4 is 4.90 Å². The Bertz CT molecular complexity index is 512. The fourth-order valence-electron chi connectivity index (χ4n) is 2.50. The van der Waals surface area contributed by atoms with Gasteiger partial charge in [0.2, 0.25) is 0 Å². The molecule has 1 aliphatic rings. The maximum absolute atomic E-state index is 12.8. The van der Waals surface area contributed by atoms with Gasteiger partial charge in [0.25, 0.3) is 0 Å². The molecule has 1 aromatic heterocycles. The number of hydrogen-bond acceptors (Lipinski definition) is 4. The Labute approximate surface area is 131 Å². The number of nitrogens with zero attached hydrogens (tertiary/aromatic N) is 4. The Morgan fingerprint density at radius 1 is 1.19 bits per heavy atom. The summed E-state index contributed by atoms with van der Waals surface area (Å²) in [6, 6.07) is 0.692. The zero-order chi connectivity index (χ0) is 15.7. The summed E-state index contributed by atoms with van der Waals surface area (Å²) in [5.74, 6) is 0. The second-order valence-electron chi connectivity index (χ2n) is 6.15. The van der Waals surface area contributed by atoms with Gasteiger partial charge in [-0.05, 0) is 52.6 Å². The number of aromatic nitrogens is 1. The third-order valence-corrected chi connectivity index (χ3v) is 5.07. The van der Waals surface area contributed by atoms with Crippen LogP contribution in [0.2, 0.25) is 0 Å². The van der Waals surface area contributed by atoms with Crippen LogP contribution in [0, 0.1) is 6.92 Å². The Morgan fingerprint density at radius 2 is 1.86 bits per heavy atom. The van der Waals surface area contributed by atoms with E-state index in [0.717, 1.165) is 22.7 Å². The van der Waals surface area contributed by atoms with Crippen LogP contribution >= 0.6 is 11.5 Å². The topological polar surface area (TPSA) is 39.7 Å². The van der Waals surface area contributed by atoms with Crippen LogP contribution in [0.15, 0.2) is 0 Å². The summed E-state index contributed by atoms with van der Waals surface area (Å²) >= 11 is 1.44. The van der Waals surface area contributed by atoms with Gasteiger partial charge < -0.3 is 4.90 Å². The summed E-state index contributed by atoms with van der Waals surface area (Å²) in [6.07, 6.45) is 0.909. The van der Waals surface area contributed by atoms with Crippen LogP contribution in [-0.2, 0) is 6.42 Å². The lowest BCUT2D eigenvalue weighted by atomic mass is 10.2. The summed E-state index contributed by atoms with van der Waals surface area (Å²) in [5.41, 5.74) is 2.24. The summed E-state index contributed by atoms with van der Waals surface area (Å²) in [7, 11) is 0. The molecule has 0 aliphatic carbocycles. The number of aryl methyl sites for hydroxylation is 1. The number of hydrogen-bond donors (Lipinski definition) is 0. The van der Waals surface area contributed by atoms with E-state index in [1.807, 2.05) is 9.80 Å². The molecule has 1 aliphatic heterocycles. The van der Waals surface area contributed by atoms with Gasteiger partial charge in [0.15, 0.2) is 0 Å². The maximum atomic E-state index is 12.8. The molecule has 0 bridgehead atoms. The van der Waals surface area contributed by atoms with E-state index in [4.69, 9.17) is 0 Å². The lowest BCUT2D eigenvalue weighted by molar-refractivity contribution is 0.0789. The summed E-state index contributed by atoms with van der Waals surface area (Å²) in [5, 5.41) is 0.993. The fourth-order valence-corrected chi connectivity index (χ4v) is 3.45. The first-order valence-corrected chi connectivity index (χ1v) is 8.41. The highest BCUT2D eigenvalue weighted by Gasteiger charge is 2.35. The number of rotatable bonds is 4. The summed E-state index contributed by atoms with van der Waals surface area (Å²) in [4.78, 5) is 18.9. The summed E-state index contributed by atoms with van der Waals surface area (Å²) in [6.45, 7) is 14.0. The molecule has 2 amide bonds. The quantitative estimate of drug-likeness (QED) is 0.856. The van der Waals surface area contributed by atoms with Gasteiger partial charge in [-0.2, -0.15) is 4.37 Å². The highest BCUT2D eigenvalue weighted by Crippen LogP contribution is 2.31. The molecule has 0 radical (unpaired) electrons. The van der Waals surface area contributed by atoms with Gasteiger partial charge in [-0.3, -0.25) is 9.80 Å². The van der Waals surface area contributed by atoms with Crippen molar-refractivity contribution < 1.29 is 4.79 Å². The SMILES string of the molecule is CCc1nsc(N2CN(C(C)C)CN(C(C)C)C2=O)c1C. The number of carbonyl (C=O) groups excluding carboxylic acids is 1. The predicted octanol–water partition coefficient (Wildman–Crippen LogP) is 3.29. The molecular weight excluding hydrogens is 284 g/mol. The third-order valence-electron chi connectivity index (χ3n) is 4.06. The molecule has 0 saturated carbocycles. The molecular formula is C15H26N4OS. The van der Waals surface area contributed by atoms with Crippen molar-refractivity contribution in [2.75, 3.05) is 18.2 Å². The van der Waals surface area contributed by atoms with E-state index in [0.29, 0.717) is 19.4 Å². The van der Waals surface area contributed by atoms with Gasteiger partial charge in [0.1, 0.15) is 5.00 Å². The van der Waals surface area contributed by atoms with Gasteiger partial charge >= 0.3 is 6.03 Å². The van der Waals surface area contributed by atoms with Crippen molar-refractivity contribution in [3.8, 4) is 0 Å².